The van der Waals surface area contributed by atoms with E-state index in [4.69, 9.17) is 16.7 Å². The molecule has 0 bridgehead atoms. The number of aliphatic hydroxyl groups is 1. The molecule has 0 aliphatic heterocycles. The second kappa shape index (κ2) is 7.36. The normalized spacial score (nSPS) is 12.3. The highest BCUT2D eigenvalue weighted by atomic mass is 35.5. The van der Waals surface area contributed by atoms with Gasteiger partial charge in [-0.3, -0.25) is 0 Å². The lowest BCUT2D eigenvalue weighted by molar-refractivity contribution is 0.219. The fraction of sp³-hybridized carbons (Fsp3) is 0.538. The molecule has 0 aromatic heterocycles. The van der Waals surface area contributed by atoms with Crippen molar-refractivity contribution < 1.29 is 17.9 Å². The third-order valence-electron chi connectivity index (χ3n) is 3.15. The molecule has 1 aromatic carbocycles. The summed E-state index contributed by atoms with van der Waals surface area (Å²) >= 11 is 5.84. The molecule has 0 amide bonds. The van der Waals surface area contributed by atoms with E-state index in [1.807, 2.05) is 13.8 Å². The Hall–Kier alpha value is -0.690. The SMILES string of the molecule is CCC(CC)N(CCO)S(=O)(=O)c1ccc(F)cc1Cl. The molecule has 4 nitrogen and oxygen atoms in total. The number of nitrogens with zero attached hydrogens (tertiary/aromatic N) is 1. The zero-order valence-electron chi connectivity index (χ0n) is 11.5. The van der Waals surface area contributed by atoms with Crippen molar-refractivity contribution in [3.8, 4) is 0 Å². The zero-order chi connectivity index (χ0) is 15.3. The molecule has 0 saturated heterocycles. The highest BCUT2D eigenvalue weighted by Gasteiger charge is 2.31. The lowest BCUT2D eigenvalue weighted by atomic mass is 10.2. The van der Waals surface area contributed by atoms with Gasteiger partial charge in [-0.05, 0) is 31.0 Å². The van der Waals surface area contributed by atoms with E-state index in [2.05, 4.69) is 0 Å². The van der Waals surface area contributed by atoms with Gasteiger partial charge >= 0.3 is 0 Å². The third-order valence-corrected chi connectivity index (χ3v) is 5.59. The number of hydrogen-bond donors (Lipinski definition) is 1. The van der Waals surface area contributed by atoms with Crippen molar-refractivity contribution in [1.29, 1.82) is 0 Å². The van der Waals surface area contributed by atoms with Crippen LogP contribution in [-0.4, -0.2) is 37.0 Å². The Balaban J connectivity index is 3.28. The summed E-state index contributed by atoms with van der Waals surface area (Å²) in [5, 5.41) is 8.95. The Morgan fingerprint density at radius 1 is 1.35 bits per heavy atom. The van der Waals surface area contributed by atoms with E-state index in [0.717, 1.165) is 18.2 Å². The predicted molar refractivity (Wildman–Crippen MR) is 76.8 cm³/mol. The Kier molecular flexibility index (Phi) is 6.39. The first-order chi connectivity index (χ1) is 9.38. The molecule has 0 atom stereocenters. The number of sulfonamides is 1. The number of aliphatic hydroxyl groups excluding tert-OH is 1. The van der Waals surface area contributed by atoms with Crippen molar-refractivity contribution in [2.45, 2.75) is 37.6 Å². The summed E-state index contributed by atoms with van der Waals surface area (Å²) in [4.78, 5) is -0.138. The van der Waals surface area contributed by atoms with Gasteiger partial charge in [0.15, 0.2) is 0 Å². The van der Waals surface area contributed by atoms with E-state index in [1.54, 1.807) is 0 Å². The van der Waals surface area contributed by atoms with Crippen LogP contribution in [0.5, 0.6) is 0 Å². The van der Waals surface area contributed by atoms with Gasteiger partial charge in [-0.1, -0.05) is 25.4 Å². The number of halogens is 2. The first-order valence-electron chi connectivity index (χ1n) is 6.46. The molecule has 20 heavy (non-hydrogen) atoms. The standard InChI is InChI=1S/C13H19ClFNO3S/c1-3-11(4-2)16(7-8-17)20(18,19)13-6-5-10(15)9-12(13)14/h5-6,9,11,17H,3-4,7-8H2,1-2H3. The second-order valence-electron chi connectivity index (χ2n) is 4.38. The van der Waals surface area contributed by atoms with Crippen LogP contribution in [0.1, 0.15) is 26.7 Å². The Bertz CT molecular complexity index is 547. The minimum atomic E-state index is -3.86. The van der Waals surface area contributed by atoms with Crippen molar-refractivity contribution in [2.24, 2.45) is 0 Å². The fourth-order valence-electron chi connectivity index (χ4n) is 2.10. The van der Waals surface area contributed by atoms with Crippen LogP contribution in [-0.2, 0) is 10.0 Å². The van der Waals surface area contributed by atoms with Crippen molar-refractivity contribution in [1.82, 2.24) is 4.31 Å². The maximum atomic E-state index is 13.0. The molecule has 7 heteroatoms. The van der Waals surface area contributed by atoms with Crippen LogP contribution in [0.2, 0.25) is 5.02 Å². The second-order valence-corrected chi connectivity index (χ2v) is 6.65. The van der Waals surface area contributed by atoms with Crippen LogP contribution < -0.4 is 0 Å². The summed E-state index contributed by atoms with van der Waals surface area (Å²) in [6, 6.07) is 2.95. The third kappa shape index (κ3) is 3.69. The van der Waals surface area contributed by atoms with Gasteiger partial charge in [-0.15, -0.1) is 0 Å². The van der Waals surface area contributed by atoms with Crippen LogP contribution in [0.3, 0.4) is 0 Å². The van der Waals surface area contributed by atoms with Gasteiger partial charge in [0.05, 0.1) is 11.6 Å². The first-order valence-corrected chi connectivity index (χ1v) is 8.28. The summed E-state index contributed by atoms with van der Waals surface area (Å²) in [6.07, 6.45) is 1.24. The van der Waals surface area contributed by atoms with Crippen LogP contribution in [0.25, 0.3) is 0 Å². The topological polar surface area (TPSA) is 57.6 Å². The van der Waals surface area contributed by atoms with Gasteiger partial charge in [0.25, 0.3) is 0 Å². The number of benzene rings is 1. The van der Waals surface area contributed by atoms with Crippen LogP contribution in [0, 0.1) is 5.82 Å². The van der Waals surface area contributed by atoms with E-state index in [1.165, 1.54) is 4.31 Å². The van der Waals surface area contributed by atoms with Gasteiger partial charge in [0, 0.05) is 12.6 Å². The van der Waals surface area contributed by atoms with E-state index in [0.29, 0.717) is 12.8 Å². The van der Waals surface area contributed by atoms with Gasteiger partial charge < -0.3 is 5.11 Å². The number of rotatable bonds is 7. The molecular weight excluding hydrogens is 305 g/mol. The molecule has 1 aromatic rings. The minimum Gasteiger partial charge on any atom is -0.395 e. The van der Waals surface area contributed by atoms with Crippen LogP contribution in [0.4, 0.5) is 4.39 Å². The molecular formula is C13H19ClFNO3S. The first kappa shape index (κ1) is 17.4. The lowest BCUT2D eigenvalue weighted by Crippen LogP contribution is -2.41. The van der Waals surface area contributed by atoms with Crippen LogP contribution in [0.15, 0.2) is 23.1 Å². The van der Waals surface area contributed by atoms with E-state index >= 15 is 0 Å². The van der Waals surface area contributed by atoms with Crippen LogP contribution >= 0.6 is 11.6 Å². The van der Waals surface area contributed by atoms with Gasteiger partial charge in [-0.25, -0.2) is 12.8 Å². The summed E-state index contributed by atoms with van der Waals surface area (Å²) < 4.78 is 39.5. The van der Waals surface area contributed by atoms with E-state index in [-0.39, 0.29) is 29.1 Å². The molecule has 1 rings (SSSR count). The van der Waals surface area contributed by atoms with Crippen molar-refractivity contribution in [2.75, 3.05) is 13.2 Å². The molecule has 114 valence electrons. The maximum Gasteiger partial charge on any atom is 0.244 e. The Labute approximate surface area is 124 Å². The monoisotopic (exact) mass is 323 g/mol. The molecule has 1 N–H and O–H groups in total. The molecule has 0 unspecified atom stereocenters. The Morgan fingerprint density at radius 3 is 2.40 bits per heavy atom. The summed E-state index contributed by atoms with van der Waals surface area (Å²) in [6.45, 7) is 3.46. The van der Waals surface area contributed by atoms with Crippen molar-refractivity contribution >= 4 is 21.6 Å². The largest absolute Gasteiger partial charge is 0.395 e. The zero-order valence-corrected chi connectivity index (χ0v) is 13.1. The molecule has 0 fully saturated rings. The maximum absolute atomic E-state index is 13.0. The van der Waals surface area contributed by atoms with Gasteiger partial charge in [0.1, 0.15) is 10.7 Å². The van der Waals surface area contributed by atoms with E-state index < -0.39 is 15.8 Å². The average molecular weight is 324 g/mol. The quantitative estimate of drug-likeness (QED) is 0.839. The van der Waals surface area contributed by atoms with Gasteiger partial charge in [0.2, 0.25) is 10.0 Å². The molecule has 0 spiro atoms. The minimum absolute atomic E-state index is 0.0115. The lowest BCUT2D eigenvalue weighted by Gasteiger charge is -2.29. The van der Waals surface area contributed by atoms with Crippen molar-refractivity contribution in [3.63, 3.8) is 0 Å². The van der Waals surface area contributed by atoms with Crippen molar-refractivity contribution in [3.05, 3.63) is 29.0 Å². The molecule has 0 saturated carbocycles. The number of hydrogen-bond acceptors (Lipinski definition) is 3. The molecule has 0 heterocycles. The molecule has 0 aliphatic rings. The molecule has 0 radical (unpaired) electrons. The summed E-state index contributed by atoms with van der Waals surface area (Å²) in [5.41, 5.74) is 0. The fourth-order valence-corrected chi connectivity index (χ4v) is 4.37. The summed E-state index contributed by atoms with van der Waals surface area (Å²) in [5.74, 6) is -0.592. The smallest absolute Gasteiger partial charge is 0.244 e. The molecule has 0 aliphatic carbocycles. The highest BCUT2D eigenvalue weighted by Crippen LogP contribution is 2.27. The average Bonchev–Trinajstić information content (AvgIpc) is 2.38. The summed E-state index contributed by atoms with van der Waals surface area (Å²) in [7, 11) is -3.86. The van der Waals surface area contributed by atoms with Gasteiger partial charge in [-0.2, -0.15) is 4.31 Å². The predicted octanol–water partition coefficient (Wildman–Crippen LogP) is 2.65. The Morgan fingerprint density at radius 2 is 1.95 bits per heavy atom. The highest BCUT2D eigenvalue weighted by molar-refractivity contribution is 7.89. The van der Waals surface area contributed by atoms with E-state index in [9.17, 15) is 12.8 Å².